The van der Waals surface area contributed by atoms with Crippen LogP contribution in [-0.2, 0) is 15.1 Å². The van der Waals surface area contributed by atoms with Crippen LogP contribution in [0.15, 0.2) is 109 Å². The Morgan fingerprint density at radius 3 is 1.77 bits per heavy atom. The number of hydrogen-bond donors (Lipinski definition) is 2. The Morgan fingerprint density at radius 2 is 1.27 bits per heavy atom. The average molecular weight is 536 g/mol. The zero-order valence-corrected chi connectivity index (χ0v) is 23.5. The lowest BCUT2D eigenvalue weighted by atomic mass is 9.76. The van der Waals surface area contributed by atoms with Crippen molar-refractivity contribution in [2.24, 2.45) is 5.92 Å². The molecule has 2 N–H and O–H groups in total. The Balaban J connectivity index is 1.92. The highest BCUT2D eigenvalue weighted by molar-refractivity contribution is 5.89. The van der Waals surface area contributed by atoms with E-state index in [0.29, 0.717) is 0 Å². The van der Waals surface area contributed by atoms with Crippen molar-refractivity contribution in [3.8, 4) is 11.1 Å². The fourth-order valence-corrected chi connectivity index (χ4v) is 6.05. The number of ether oxygens (including phenoxy) is 1. The van der Waals surface area contributed by atoms with Crippen LogP contribution in [0.4, 0.5) is 5.69 Å². The maximum absolute atomic E-state index is 14.3. The topological polar surface area (TPSA) is 70.0 Å². The standard InChI is InChI=1S/C35H37NO4/c1-24(31(38)23-37)32(33(39)40-34(2,3)4)36(26-17-9-6-10-18-26)35(25-15-7-5-8-16-25)29-21-13-11-19-27(29)28-20-12-14-22-30(28)35/h5-22,24,31-32,37-38H,23H2,1-4H3/t24-,31-,32?/m0/s1. The van der Waals surface area contributed by atoms with Crippen LogP contribution in [0.25, 0.3) is 11.1 Å². The van der Waals surface area contributed by atoms with Gasteiger partial charge in [0.1, 0.15) is 17.2 Å². The Kier molecular flexibility index (Phi) is 7.54. The number of benzene rings is 4. The molecule has 206 valence electrons. The number of hydrogen-bond acceptors (Lipinski definition) is 5. The Hall–Kier alpha value is -3.93. The lowest BCUT2D eigenvalue weighted by Crippen LogP contribution is -2.60. The van der Waals surface area contributed by atoms with E-state index in [9.17, 15) is 15.0 Å². The van der Waals surface area contributed by atoms with Gasteiger partial charge in [0.15, 0.2) is 0 Å². The lowest BCUT2D eigenvalue weighted by molar-refractivity contribution is -0.159. The summed E-state index contributed by atoms with van der Waals surface area (Å²) in [6.45, 7) is 6.85. The van der Waals surface area contributed by atoms with Gasteiger partial charge in [-0.15, -0.1) is 0 Å². The number of anilines is 1. The van der Waals surface area contributed by atoms with Crippen molar-refractivity contribution in [1.29, 1.82) is 0 Å². The molecule has 5 nitrogen and oxygen atoms in total. The van der Waals surface area contributed by atoms with Crippen LogP contribution in [0, 0.1) is 5.92 Å². The molecule has 1 aliphatic carbocycles. The molecule has 4 aromatic carbocycles. The van der Waals surface area contributed by atoms with Gasteiger partial charge in [-0.3, -0.25) is 0 Å². The maximum Gasteiger partial charge on any atom is 0.329 e. The highest BCUT2D eigenvalue weighted by Gasteiger charge is 2.54. The van der Waals surface area contributed by atoms with E-state index in [-0.39, 0.29) is 0 Å². The Morgan fingerprint density at radius 1 is 0.800 bits per heavy atom. The molecule has 1 unspecified atom stereocenters. The van der Waals surface area contributed by atoms with Gasteiger partial charge in [0.2, 0.25) is 0 Å². The van der Waals surface area contributed by atoms with Crippen LogP contribution in [0.1, 0.15) is 44.4 Å². The Bertz CT molecular complexity index is 1420. The first-order chi connectivity index (χ1) is 19.2. The molecule has 0 amide bonds. The molecular weight excluding hydrogens is 498 g/mol. The van der Waals surface area contributed by atoms with E-state index in [4.69, 9.17) is 4.74 Å². The van der Waals surface area contributed by atoms with Gasteiger partial charge in [-0.2, -0.15) is 0 Å². The molecule has 0 saturated carbocycles. The van der Waals surface area contributed by atoms with Crippen molar-refractivity contribution < 1.29 is 19.7 Å². The third-order valence-corrected chi connectivity index (χ3v) is 7.73. The van der Waals surface area contributed by atoms with Gasteiger partial charge in [0.25, 0.3) is 0 Å². The minimum absolute atomic E-state index is 0.464. The first kappa shape index (κ1) is 27.6. The van der Waals surface area contributed by atoms with E-state index in [0.717, 1.165) is 33.5 Å². The van der Waals surface area contributed by atoms with Crippen LogP contribution in [0.5, 0.6) is 0 Å². The number of nitrogens with zero attached hydrogens (tertiary/aromatic N) is 1. The third kappa shape index (κ3) is 4.70. The van der Waals surface area contributed by atoms with Crippen LogP contribution in [0.3, 0.4) is 0 Å². The first-order valence-electron chi connectivity index (χ1n) is 13.8. The van der Waals surface area contributed by atoms with Crippen molar-refractivity contribution in [2.45, 2.75) is 51.0 Å². The molecule has 0 spiro atoms. The highest BCUT2D eigenvalue weighted by atomic mass is 16.6. The van der Waals surface area contributed by atoms with Crippen molar-refractivity contribution in [3.05, 3.63) is 126 Å². The number of aliphatic hydroxyl groups is 2. The molecule has 3 atom stereocenters. The van der Waals surface area contributed by atoms with Crippen molar-refractivity contribution in [2.75, 3.05) is 11.5 Å². The predicted octanol–water partition coefficient (Wildman–Crippen LogP) is 6.17. The molecule has 0 bridgehead atoms. The second-order valence-corrected chi connectivity index (χ2v) is 11.5. The second kappa shape index (κ2) is 10.9. The van der Waals surface area contributed by atoms with Crippen LogP contribution >= 0.6 is 0 Å². The van der Waals surface area contributed by atoms with Gasteiger partial charge >= 0.3 is 5.97 Å². The molecule has 5 rings (SSSR count). The summed E-state index contributed by atoms with van der Waals surface area (Å²) < 4.78 is 6.06. The van der Waals surface area contributed by atoms with Gasteiger partial charge < -0.3 is 19.8 Å². The van der Waals surface area contributed by atoms with Crippen molar-refractivity contribution in [1.82, 2.24) is 0 Å². The van der Waals surface area contributed by atoms with Crippen LogP contribution in [-0.4, -0.2) is 40.5 Å². The lowest BCUT2D eigenvalue weighted by Gasteiger charge is -2.50. The SMILES string of the molecule is C[C@H](C(C(=O)OC(C)(C)C)N(c1ccccc1)C1(c2ccccc2)c2ccccc2-c2ccccc21)[C@@H](O)CO. The maximum atomic E-state index is 14.3. The van der Waals surface area contributed by atoms with Gasteiger partial charge in [0, 0.05) is 11.6 Å². The molecule has 0 fully saturated rings. The summed E-state index contributed by atoms with van der Waals surface area (Å²) in [5, 5.41) is 21.1. The number of para-hydroxylation sites is 1. The summed E-state index contributed by atoms with van der Waals surface area (Å²) in [5.41, 5.74) is 4.31. The number of fused-ring (bicyclic) bond motifs is 3. The zero-order valence-electron chi connectivity index (χ0n) is 23.5. The normalized spacial score (nSPS) is 15.8. The van der Waals surface area contributed by atoms with Gasteiger partial charge in [-0.1, -0.05) is 104 Å². The molecule has 0 saturated heterocycles. The number of rotatable bonds is 8. The van der Waals surface area contributed by atoms with Crippen molar-refractivity contribution in [3.63, 3.8) is 0 Å². The number of carbonyl (C=O) groups excluding carboxylic acids is 1. The summed E-state index contributed by atoms with van der Waals surface area (Å²) in [7, 11) is 0. The van der Waals surface area contributed by atoms with E-state index >= 15 is 0 Å². The molecule has 0 aliphatic heterocycles. The van der Waals surface area contributed by atoms with Crippen LogP contribution < -0.4 is 4.90 Å². The zero-order chi connectivity index (χ0) is 28.5. The minimum Gasteiger partial charge on any atom is -0.458 e. The van der Waals surface area contributed by atoms with Crippen LogP contribution in [0.2, 0.25) is 0 Å². The molecule has 0 aromatic heterocycles. The molecular formula is C35H37NO4. The smallest absolute Gasteiger partial charge is 0.329 e. The van der Waals surface area contributed by atoms with Gasteiger partial charge in [0.05, 0.1) is 12.7 Å². The summed E-state index contributed by atoms with van der Waals surface area (Å²) >= 11 is 0. The predicted molar refractivity (Wildman–Crippen MR) is 159 cm³/mol. The fourth-order valence-electron chi connectivity index (χ4n) is 6.05. The second-order valence-electron chi connectivity index (χ2n) is 11.5. The number of esters is 1. The molecule has 4 aromatic rings. The Labute approximate surface area is 236 Å². The van der Waals surface area contributed by atoms with E-state index in [1.807, 2.05) is 93.6 Å². The fraction of sp³-hybridized carbons (Fsp3) is 0.286. The van der Waals surface area contributed by atoms with Gasteiger partial charge in [-0.05, 0) is 60.7 Å². The number of aliphatic hydroxyl groups excluding tert-OH is 2. The molecule has 5 heteroatoms. The molecule has 0 heterocycles. The first-order valence-corrected chi connectivity index (χ1v) is 13.8. The van der Waals surface area contributed by atoms with Crippen molar-refractivity contribution >= 4 is 11.7 Å². The molecule has 40 heavy (non-hydrogen) atoms. The van der Waals surface area contributed by atoms with E-state index < -0.39 is 41.8 Å². The minimum atomic E-state index is -1.15. The number of carbonyl (C=O) groups is 1. The largest absolute Gasteiger partial charge is 0.458 e. The average Bonchev–Trinajstić information content (AvgIpc) is 3.26. The summed E-state index contributed by atoms with van der Waals surface area (Å²) in [5.74, 6) is -1.14. The highest BCUT2D eigenvalue weighted by Crippen LogP contribution is 2.56. The van der Waals surface area contributed by atoms with E-state index in [2.05, 4.69) is 41.3 Å². The van der Waals surface area contributed by atoms with Gasteiger partial charge in [-0.25, -0.2) is 4.79 Å². The quantitative estimate of drug-likeness (QED) is 0.264. The summed E-state index contributed by atoms with van der Waals surface area (Å²) in [4.78, 5) is 16.4. The molecule has 1 aliphatic rings. The summed E-state index contributed by atoms with van der Waals surface area (Å²) in [6.07, 6.45) is -1.15. The van der Waals surface area contributed by atoms with E-state index in [1.165, 1.54) is 0 Å². The molecule has 0 radical (unpaired) electrons. The van der Waals surface area contributed by atoms with E-state index in [1.54, 1.807) is 6.92 Å². The monoisotopic (exact) mass is 535 g/mol. The summed E-state index contributed by atoms with van der Waals surface area (Å²) in [6, 6.07) is 35.7. The third-order valence-electron chi connectivity index (χ3n) is 7.73.